The van der Waals surface area contributed by atoms with E-state index in [1.165, 1.54) is 5.56 Å². The molecule has 1 heterocycles. The Morgan fingerprint density at radius 3 is 2.68 bits per heavy atom. The first-order valence-electron chi connectivity index (χ1n) is 6.94. The van der Waals surface area contributed by atoms with Crippen LogP contribution >= 0.6 is 0 Å². The van der Waals surface area contributed by atoms with Crippen molar-refractivity contribution in [1.82, 2.24) is 0 Å². The Bertz CT molecular complexity index is 400. The smallest absolute Gasteiger partial charge is 0.164 e. The number of hydrogen-bond donors (Lipinski definition) is 0. The van der Waals surface area contributed by atoms with Crippen LogP contribution < -0.4 is 0 Å². The van der Waals surface area contributed by atoms with Gasteiger partial charge in [0.15, 0.2) is 5.79 Å². The maximum Gasteiger partial charge on any atom is 0.164 e. The van der Waals surface area contributed by atoms with E-state index in [4.69, 9.17) is 9.47 Å². The van der Waals surface area contributed by atoms with E-state index in [0.717, 1.165) is 25.5 Å². The minimum Gasteiger partial charge on any atom is -0.347 e. The third kappa shape index (κ3) is 4.44. The molecular formula is C16H22O3. The lowest BCUT2D eigenvalue weighted by Gasteiger charge is -2.39. The molecule has 0 spiro atoms. The lowest BCUT2D eigenvalue weighted by atomic mass is 10.0. The van der Waals surface area contributed by atoms with E-state index in [1.807, 2.05) is 19.9 Å². The zero-order valence-corrected chi connectivity index (χ0v) is 11.7. The third-order valence-electron chi connectivity index (χ3n) is 3.37. The summed E-state index contributed by atoms with van der Waals surface area (Å²) in [5.74, 6) is -0.652. The van der Waals surface area contributed by atoms with Crippen LogP contribution in [0.2, 0.25) is 0 Å². The van der Waals surface area contributed by atoms with E-state index in [1.54, 1.807) is 0 Å². The van der Waals surface area contributed by atoms with Crippen LogP contribution in [0.25, 0.3) is 0 Å². The van der Waals surface area contributed by atoms with E-state index in [0.29, 0.717) is 6.42 Å². The summed E-state index contributed by atoms with van der Waals surface area (Å²) in [7, 11) is 0. The monoisotopic (exact) mass is 262 g/mol. The first-order chi connectivity index (χ1) is 9.09. The molecule has 2 rings (SSSR count). The molecule has 1 fully saturated rings. The van der Waals surface area contributed by atoms with Crippen LogP contribution in [0.5, 0.6) is 0 Å². The molecule has 104 valence electrons. The Balaban J connectivity index is 1.80. The molecule has 1 aliphatic rings. The summed E-state index contributed by atoms with van der Waals surface area (Å²) < 4.78 is 11.4. The van der Waals surface area contributed by atoms with Crippen LogP contribution in [-0.2, 0) is 20.7 Å². The average Bonchev–Trinajstić information content (AvgIpc) is 2.38. The molecule has 0 bridgehead atoms. The summed E-state index contributed by atoms with van der Waals surface area (Å²) in [6.07, 6.45) is 4.42. The van der Waals surface area contributed by atoms with Gasteiger partial charge in [0.1, 0.15) is 12.4 Å². The lowest BCUT2D eigenvalue weighted by Crippen LogP contribution is -2.45. The second kappa shape index (κ2) is 6.31. The van der Waals surface area contributed by atoms with Gasteiger partial charge >= 0.3 is 0 Å². The Morgan fingerprint density at radius 2 is 2.00 bits per heavy atom. The molecule has 3 heteroatoms. The van der Waals surface area contributed by atoms with Crippen LogP contribution in [0, 0.1) is 0 Å². The van der Waals surface area contributed by atoms with Gasteiger partial charge in [-0.25, -0.2) is 0 Å². The summed E-state index contributed by atoms with van der Waals surface area (Å²) in [6, 6.07) is 10.4. The van der Waals surface area contributed by atoms with Crippen molar-refractivity contribution in [2.75, 3.05) is 0 Å². The summed E-state index contributed by atoms with van der Waals surface area (Å²) in [5, 5.41) is 0. The standard InChI is InChI=1S/C16H22O3/c1-16(2)18-14(11-15(12-17)19-16)10-6-9-13-7-4-3-5-8-13/h3-5,7-8,12,14-15H,6,9-11H2,1-2H3. The molecule has 0 aromatic heterocycles. The fourth-order valence-corrected chi connectivity index (χ4v) is 2.59. The van der Waals surface area contributed by atoms with Crippen molar-refractivity contribution in [3.8, 4) is 0 Å². The Kier molecular flexibility index (Phi) is 4.72. The van der Waals surface area contributed by atoms with Gasteiger partial charge in [-0.3, -0.25) is 0 Å². The molecule has 0 aliphatic carbocycles. The van der Waals surface area contributed by atoms with Crippen molar-refractivity contribution in [3.05, 3.63) is 35.9 Å². The molecule has 1 aromatic carbocycles. The zero-order chi connectivity index (χ0) is 13.7. The van der Waals surface area contributed by atoms with Crippen LogP contribution in [0.15, 0.2) is 30.3 Å². The van der Waals surface area contributed by atoms with Gasteiger partial charge in [0, 0.05) is 6.42 Å². The Labute approximate surface area is 114 Å². The van der Waals surface area contributed by atoms with Crippen molar-refractivity contribution < 1.29 is 14.3 Å². The topological polar surface area (TPSA) is 35.5 Å². The maximum atomic E-state index is 10.9. The fourth-order valence-electron chi connectivity index (χ4n) is 2.59. The molecule has 0 N–H and O–H groups in total. The highest BCUT2D eigenvalue weighted by Crippen LogP contribution is 2.28. The number of carbonyl (C=O) groups is 1. The highest BCUT2D eigenvalue weighted by molar-refractivity contribution is 5.56. The maximum absolute atomic E-state index is 10.9. The number of ether oxygens (including phenoxy) is 2. The number of carbonyl (C=O) groups excluding carboxylic acids is 1. The van der Waals surface area contributed by atoms with Crippen molar-refractivity contribution in [1.29, 1.82) is 0 Å². The highest BCUT2D eigenvalue weighted by atomic mass is 16.7. The molecule has 0 amide bonds. The van der Waals surface area contributed by atoms with Crippen LogP contribution in [0.1, 0.15) is 38.7 Å². The molecule has 1 saturated heterocycles. The minimum absolute atomic E-state index is 0.114. The van der Waals surface area contributed by atoms with Gasteiger partial charge in [0.2, 0.25) is 0 Å². The summed E-state index contributed by atoms with van der Waals surface area (Å²) in [6.45, 7) is 3.74. The molecule has 0 radical (unpaired) electrons. The van der Waals surface area contributed by atoms with Crippen LogP contribution in [-0.4, -0.2) is 24.3 Å². The second-order valence-electron chi connectivity index (χ2n) is 5.55. The van der Waals surface area contributed by atoms with E-state index < -0.39 is 5.79 Å². The molecular weight excluding hydrogens is 240 g/mol. The molecule has 2 atom stereocenters. The normalized spacial score (nSPS) is 26.0. The van der Waals surface area contributed by atoms with Gasteiger partial charge in [0.05, 0.1) is 6.10 Å². The Hall–Kier alpha value is -1.19. The minimum atomic E-state index is -0.652. The molecule has 19 heavy (non-hydrogen) atoms. The van der Waals surface area contributed by atoms with Crippen LogP contribution in [0.3, 0.4) is 0 Å². The van der Waals surface area contributed by atoms with E-state index in [-0.39, 0.29) is 12.2 Å². The average molecular weight is 262 g/mol. The molecule has 1 aliphatic heterocycles. The van der Waals surface area contributed by atoms with Gasteiger partial charge in [-0.15, -0.1) is 0 Å². The van der Waals surface area contributed by atoms with E-state index in [2.05, 4.69) is 24.3 Å². The lowest BCUT2D eigenvalue weighted by molar-refractivity contribution is -0.291. The van der Waals surface area contributed by atoms with Gasteiger partial charge in [-0.2, -0.15) is 0 Å². The quantitative estimate of drug-likeness (QED) is 0.765. The number of aryl methyl sites for hydroxylation is 1. The van der Waals surface area contributed by atoms with Gasteiger partial charge in [-0.05, 0) is 38.7 Å². The number of aldehydes is 1. The largest absolute Gasteiger partial charge is 0.347 e. The van der Waals surface area contributed by atoms with Crippen molar-refractivity contribution in [2.24, 2.45) is 0 Å². The summed E-state index contributed by atoms with van der Waals surface area (Å²) >= 11 is 0. The Morgan fingerprint density at radius 1 is 1.26 bits per heavy atom. The summed E-state index contributed by atoms with van der Waals surface area (Å²) in [5.41, 5.74) is 1.35. The predicted octanol–water partition coefficient (Wildman–Crippen LogP) is 3.12. The van der Waals surface area contributed by atoms with Gasteiger partial charge in [-0.1, -0.05) is 30.3 Å². The number of rotatable bonds is 5. The van der Waals surface area contributed by atoms with Crippen molar-refractivity contribution in [2.45, 2.75) is 57.5 Å². The molecule has 1 aromatic rings. The number of benzene rings is 1. The SMILES string of the molecule is CC1(C)OC(C=O)CC(CCCc2ccccc2)O1. The zero-order valence-electron chi connectivity index (χ0n) is 11.7. The first-order valence-corrected chi connectivity index (χ1v) is 6.94. The van der Waals surface area contributed by atoms with Crippen molar-refractivity contribution in [3.63, 3.8) is 0 Å². The number of hydrogen-bond acceptors (Lipinski definition) is 3. The molecule has 3 nitrogen and oxygen atoms in total. The van der Waals surface area contributed by atoms with Crippen molar-refractivity contribution >= 4 is 6.29 Å². The predicted molar refractivity (Wildman–Crippen MR) is 73.9 cm³/mol. The second-order valence-corrected chi connectivity index (χ2v) is 5.55. The summed E-state index contributed by atoms with van der Waals surface area (Å²) in [4.78, 5) is 10.9. The molecule has 0 saturated carbocycles. The molecule has 2 unspecified atom stereocenters. The van der Waals surface area contributed by atoms with Gasteiger partial charge in [0.25, 0.3) is 0 Å². The van der Waals surface area contributed by atoms with Gasteiger partial charge < -0.3 is 14.3 Å². The third-order valence-corrected chi connectivity index (χ3v) is 3.37. The van der Waals surface area contributed by atoms with E-state index in [9.17, 15) is 4.79 Å². The first kappa shape index (κ1) is 14.2. The van der Waals surface area contributed by atoms with E-state index >= 15 is 0 Å². The van der Waals surface area contributed by atoms with Crippen LogP contribution in [0.4, 0.5) is 0 Å². The highest BCUT2D eigenvalue weighted by Gasteiger charge is 2.34. The fraction of sp³-hybridized carbons (Fsp3) is 0.562.